The zero-order chi connectivity index (χ0) is 17.0. The van der Waals surface area contributed by atoms with Gasteiger partial charge in [0.05, 0.1) is 5.75 Å². The van der Waals surface area contributed by atoms with Crippen LogP contribution in [0.15, 0.2) is 29.7 Å². The fourth-order valence-electron chi connectivity index (χ4n) is 2.40. The molecule has 0 radical (unpaired) electrons. The van der Waals surface area contributed by atoms with Crippen LogP contribution in [0.5, 0.6) is 0 Å². The van der Waals surface area contributed by atoms with E-state index >= 15 is 0 Å². The Morgan fingerprint density at radius 3 is 2.30 bits per heavy atom. The molecule has 6 heteroatoms. The van der Waals surface area contributed by atoms with Gasteiger partial charge in [-0.15, -0.1) is 10.2 Å². The largest absolute Gasteiger partial charge is 0.325 e. The number of carbonyl (C=O) groups is 1. The number of hydrogen-bond acceptors (Lipinski definition) is 4. The summed E-state index contributed by atoms with van der Waals surface area (Å²) in [6, 6.07) is 6.23. The van der Waals surface area contributed by atoms with Crippen LogP contribution < -0.4 is 5.32 Å². The topological polar surface area (TPSA) is 59.8 Å². The Morgan fingerprint density at radius 1 is 1.22 bits per heavy atom. The second-order valence-corrected chi connectivity index (χ2v) is 7.12. The Kier molecular flexibility index (Phi) is 5.82. The third-order valence-corrected chi connectivity index (χ3v) is 4.67. The van der Waals surface area contributed by atoms with E-state index < -0.39 is 0 Å². The first-order valence-electron chi connectivity index (χ1n) is 7.79. The molecule has 0 saturated carbocycles. The Bertz CT molecular complexity index is 653. The molecule has 0 saturated heterocycles. The lowest BCUT2D eigenvalue weighted by molar-refractivity contribution is -0.113. The third-order valence-electron chi connectivity index (χ3n) is 3.64. The van der Waals surface area contributed by atoms with Crippen molar-refractivity contribution in [1.29, 1.82) is 0 Å². The smallest absolute Gasteiger partial charge is 0.234 e. The predicted molar refractivity (Wildman–Crippen MR) is 95.0 cm³/mol. The number of thioether (sulfide) groups is 1. The lowest BCUT2D eigenvalue weighted by Crippen LogP contribution is -2.18. The normalized spacial score (nSPS) is 11.3. The lowest BCUT2D eigenvalue weighted by atomic mass is 9.92. The fourth-order valence-corrected chi connectivity index (χ4v) is 3.09. The van der Waals surface area contributed by atoms with Crippen molar-refractivity contribution in [3.8, 4) is 0 Å². The molecule has 23 heavy (non-hydrogen) atoms. The molecule has 1 heterocycles. The van der Waals surface area contributed by atoms with Crippen molar-refractivity contribution < 1.29 is 4.79 Å². The summed E-state index contributed by atoms with van der Waals surface area (Å²) in [6.45, 7) is 8.57. The van der Waals surface area contributed by atoms with Crippen LogP contribution in [0.25, 0.3) is 0 Å². The van der Waals surface area contributed by atoms with Crippen LogP contribution >= 0.6 is 11.8 Å². The first-order chi connectivity index (χ1) is 10.9. The summed E-state index contributed by atoms with van der Waals surface area (Å²) in [7, 11) is 1.87. The number of amides is 1. The Labute approximate surface area is 141 Å². The maximum absolute atomic E-state index is 12.4. The van der Waals surface area contributed by atoms with Gasteiger partial charge in [0.2, 0.25) is 5.91 Å². The van der Waals surface area contributed by atoms with Crippen LogP contribution in [0.1, 0.15) is 50.7 Å². The van der Waals surface area contributed by atoms with Crippen molar-refractivity contribution >= 4 is 23.4 Å². The Balaban J connectivity index is 2.14. The van der Waals surface area contributed by atoms with Gasteiger partial charge in [0.1, 0.15) is 6.33 Å². The quantitative estimate of drug-likeness (QED) is 0.818. The molecule has 5 nitrogen and oxygen atoms in total. The minimum Gasteiger partial charge on any atom is -0.325 e. The minimum absolute atomic E-state index is 0.0204. The van der Waals surface area contributed by atoms with Gasteiger partial charge in [0, 0.05) is 12.7 Å². The molecule has 124 valence electrons. The van der Waals surface area contributed by atoms with Crippen LogP contribution in [0.3, 0.4) is 0 Å². The van der Waals surface area contributed by atoms with Gasteiger partial charge in [-0.2, -0.15) is 0 Å². The molecule has 2 rings (SSSR count). The highest BCUT2D eigenvalue weighted by molar-refractivity contribution is 7.99. The molecule has 1 aromatic heterocycles. The highest BCUT2D eigenvalue weighted by Crippen LogP contribution is 2.32. The molecule has 1 aromatic carbocycles. The second-order valence-electron chi connectivity index (χ2n) is 6.18. The van der Waals surface area contributed by atoms with Crippen LogP contribution in [0.4, 0.5) is 5.69 Å². The van der Waals surface area contributed by atoms with Gasteiger partial charge < -0.3 is 9.88 Å². The first kappa shape index (κ1) is 17.5. The molecular weight excluding hydrogens is 308 g/mol. The summed E-state index contributed by atoms with van der Waals surface area (Å²) in [5, 5.41) is 11.6. The monoisotopic (exact) mass is 332 g/mol. The summed E-state index contributed by atoms with van der Waals surface area (Å²) in [5.74, 6) is 1.01. The minimum atomic E-state index is -0.0204. The summed E-state index contributed by atoms with van der Waals surface area (Å²) >= 11 is 1.39. The molecule has 0 aliphatic carbocycles. The number of hydrogen-bond donors (Lipinski definition) is 1. The first-order valence-corrected chi connectivity index (χ1v) is 8.78. The van der Waals surface area contributed by atoms with Crippen molar-refractivity contribution in [2.75, 3.05) is 11.1 Å². The van der Waals surface area contributed by atoms with E-state index in [0.717, 1.165) is 10.8 Å². The highest BCUT2D eigenvalue weighted by Gasteiger charge is 2.16. The number of anilines is 1. The van der Waals surface area contributed by atoms with Gasteiger partial charge in [0.25, 0.3) is 0 Å². The number of nitrogens with one attached hydrogen (secondary N) is 1. The Hall–Kier alpha value is -1.82. The van der Waals surface area contributed by atoms with E-state index in [1.807, 2.05) is 7.05 Å². The number of nitrogens with zero attached hydrogens (tertiary/aromatic N) is 3. The standard InChI is InChI=1S/C17H24N4OS/c1-11(2)13-7-6-8-14(12(3)4)16(13)19-15(22)9-23-17-20-18-10-21(17)5/h6-8,10-12H,9H2,1-5H3,(H,19,22). The lowest BCUT2D eigenvalue weighted by Gasteiger charge is -2.20. The molecule has 0 unspecified atom stereocenters. The van der Waals surface area contributed by atoms with Gasteiger partial charge >= 0.3 is 0 Å². The van der Waals surface area contributed by atoms with E-state index in [1.54, 1.807) is 10.9 Å². The third kappa shape index (κ3) is 4.34. The van der Waals surface area contributed by atoms with Crippen molar-refractivity contribution in [3.63, 3.8) is 0 Å². The molecule has 2 aromatic rings. The molecular formula is C17H24N4OS. The van der Waals surface area contributed by atoms with Crippen molar-refractivity contribution in [2.45, 2.75) is 44.7 Å². The van der Waals surface area contributed by atoms with Crippen molar-refractivity contribution in [3.05, 3.63) is 35.7 Å². The number of para-hydroxylation sites is 1. The number of aromatic nitrogens is 3. The van der Waals surface area contributed by atoms with E-state index in [1.165, 1.54) is 22.9 Å². The van der Waals surface area contributed by atoms with Gasteiger partial charge in [-0.3, -0.25) is 4.79 Å². The van der Waals surface area contributed by atoms with Crippen molar-refractivity contribution in [2.24, 2.45) is 7.05 Å². The van der Waals surface area contributed by atoms with Crippen molar-refractivity contribution in [1.82, 2.24) is 14.8 Å². The average Bonchev–Trinajstić information content (AvgIpc) is 2.90. The number of rotatable bonds is 6. The SMILES string of the molecule is CC(C)c1cccc(C(C)C)c1NC(=O)CSc1nncn1C. The van der Waals surface area contributed by atoms with Crippen LogP contribution in [-0.2, 0) is 11.8 Å². The van der Waals surface area contributed by atoms with Crippen LogP contribution in [0, 0.1) is 0 Å². The highest BCUT2D eigenvalue weighted by atomic mass is 32.2. The van der Waals surface area contributed by atoms with Gasteiger partial charge in [-0.05, 0) is 23.0 Å². The zero-order valence-electron chi connectivity index (χ0n) is 14.3. The molecule has 0 aliphatic rings. The van der Waals surface area contributed by atoms with E-state index in [9.17, 15) is 4.79 Å². The molecule has 0 atom stereocenters. The molecule has 0 bridgehead atoms. The zero-order valence-corrected chi connectivity index (χ0v) is 15.1. The van der Waals surface area contributed by atoms with E-state index in [-0.39, 0.29) is 5.91 Å². The number of aryl methyl sites for hydroxylation is 1. The summed E-state index contributed by atoms with van der Waals surface area (Å²) in [5.41, 5.74) is 3.31. The van der Waals surface area contributed by atoms with Gasteiger partial charge in [0.15, 0.2) is 5.16 Å². The number of benzene rings is 1. The molecule has 0 fully saturated rings. The molecule has 1 amide bonds. The fraction of sp³-hybridized carbons (Fsp3) is 0.471. The van der Waals surface area contributed by atoms with E-state index in [0.29, 0.717) is 17.6 Å². The Morgan fingerprint density at radius 2 is 1.83 bits per heavy atom. The van der Waals surface area contributed by atoms with Crippen LogP contribution in [0.2, 0.25) is 0 Å². The average molecular weight is 332 g/mol. The second kappa shape index (κ2) is 7.64. The maximum atomic E-state index is 12.4. The summed E-state index contributed by atoms with van der Waals surface area (Å²) in [6.07, 6.45) is 1.63. The predicted octanol–water partition coefficient (Wildman–Crippen LogP) is 3.79. The van der Waals surface area contributed by atoms with Gasteiger partial charge in [-0.25, -0.2) is 0 Å². The van der Waals surface area contributed by atoms with Gasteiger partial charge in [-0.1, -0.05) is 57.7 Å². The summed E-state index contributed by atoms with van der Waals surface area (Å²) < 4.78 is 1.81. The van der Waals surface area contributed by atoms with E-state index in [4.69, 9.17) is 0 Å². The van der Waals surface area contributed by atoms with E-state index in [2.05, 4.69) is 61.4 Å². The molecule has 1 N–H and O–H groups in total. The van der Waals surface area contributed by atoms with Crippen LogP contribution in [-0.4, -0.2) is 26.4 Å². The summed E-state index contributed by atoms with van der Waals surface area (Å²) in [4.78, 5) is 12.4. The molecule has 0 aliphatic heterocycles. The maximum Gasteiger partial charge on any atom is 0.234 e. The molecule has 0 spiro atoms. The number of carbonyl (C=O) groups excluding carboxylic acids is 1.